The monoisotopic (exact) mass is 467 g/mol. The topological polar surface area (TPSA) is 99.4 Å². The number of nitrogens with one attached hydrogen (secondary N) is 1. The Balaban J connectivity index is 1.51. The standard InChI is InChI=1S/C24H29N5O5/c1-15-13-29-22-20(12-26-29)16-8-17(10-19(9-16)32-3)25-4-5-28-18(14-34-23(15)27-22)11-21(24(28)30)33-7-6-31-2/h8-10,12-13,18,21,25H,4-7,11,14H2,1-3H3/t18-,21+/m0/s1. The van der Waals surface area contributed by atoms with Crippen molar-refractivity contribution in [2.24, 2.45) is 0 Å². The summed E-state index contributed by atoms with van der Waals surface area (Å²) in [5.41, 5.74) is 4.26. The Hall–Kier alpha value is -3.37. The zero-order valence-electron chi connectivity index (χ0n) is 19.6. The Morgan fingerprint density at radius 1 is 1.24 bits per heavy atom. The minimum Gasteiger partial charge on any atom is -0.497 e. The van der Waals surface area contributed by atoms with E-state index in [4.69, 9.17) is 23.9 Å². The van der Waals surface area contributed by atoms with E-state index in [-0.39, 0.29) is 11.9 Å². The molecule has 1 fully saturated rings. The van der Waals surface area contributed by atoms with Crippen LogP contribution >= 0.6 is 0 Å². The zero-order valence-corrected chi connectivity index (χ0v) is 19.6. The Bertz CT molecular complexity index is 1200. The lowest BCUT2D eigenvalue weighted by Gasteiger charge is -2.25. The quantitative estimate of drug-likeness (QED) is 0.570. The normalized spacial score (nSPS) is 20.1. The summed E-state index contributed by atoms with van der Waals surface area (Å²) in [5.74, 6) is 1.23. The van der Waals surface area contributed by atoms with Crippen LogP contribution in [0.25, 0.3) is 16.8 Å². The van der Waals surface area contributed by atoms with Gasteiger partial charge in [0, 0.05) is 55.7 Å². The summed E-state index contributed by atoms with van der Waals surface area (Å²) in [6.07, 6.45) is 3.77. The van der Waals surface area contributed by atoms with Crippen molar-refractivity contribution in [3.05, 3.63) is 36.2 Å². The van der Waals surface area contributed by atoms with Gasteiger partial charge >= 0.3 is 0 Å². The maximum absolute atomic E-state index is 13.1. The van der Waals surface area contributed by atoms with Crippen molar-refractivity contribution in [2.75, 3.05) is 52.4 Å². The van der Waals surface area contributed by atoms with Gasteiger partial charge in [-0.15, -0.1) is 0 Å². The number of methoxy groups -OCH3 is 2. The first-order valence-corrected chi connectivity index (χ1v) is 11.4. The van der Waals surface area contributed by atoms with Crippen molar-refractivity contribution in [3.8, 4) is 22.8 Å². The molecule has 1 aromatic carbocycles. The number of aromatic nitrogens is 3. The SMILES string of the molecule is COCCO[C@@H]1C[C@H]2COc3nc4c(cnn4cc3C)-c3cc(cc(OC)c3)NCCN2C1=O. The van der Waals surface area contributed by atoms with Gasteiger partial charge in [-0.25, -0.2) is 4.52 Å². The van der Waals surface area contributed by atoms with Crippen LogP contribution in [-0.2, 0) is 14.3 Å². The zero-order chi connectivity index (χ0) is 23.7. The lowest BCUT2D eigenvalue weighted by atomic mass is 10.1. The van der Waals surface area contributed by atoms with E-state index in [1.54, 1.807) is 24.9 Å². The fourth-order valence-corrected chi connectivity index (χ4v) is 4.51. The first kappa shape index (κ1) is 22.4. The van der Waals surface area contributed by atoms with Gasteiger partial charge < -0.3 is 29.2 Å². The molecule has 180 valence electrons. The van der Waals surface area contributed by atoms with Crippen LogP contribution in [-0.4, -0.2) is 84.7 Å². The summed E-state index contributed by atoms with van der Waals surface area (Å²) >= 11 is 0. The Morgan fingerprint density at radius 3 is 2.94 bits per heavy atom. The molecule has 3 aromatic rings. The van der Waals surface area contributed by atoms with Crippen LogP contribution in [0.5, 0.6) is 11.6 Å². The Kier molecular flexibility index (Phi) is 6.25. The van der Waals surface area contributed by atoms with E-state index in [9.17, 15) is 4.79 Å². The van der Waals surface area contributed by atoms with E-state index in [0.717, 1.165) is 28.1 Å². The minimum atomic E-state index is -0.499. The van der Waals surface area contributed by atoms with E-state index < -0.39 is 6.10 Å². The lowest BCUT2D eigenvalue weighted by Crippen LogP contribution is -2.41. The smallest absolute Gasteiger partial charge is 0.252 e. The van der Waals surface area contributed by atoms with Crippen LogP contribution in [0.15, 0.2) is 30.6 Å². The summed E-state index contributed by atoms with van der Waals surface area (Å²) < 4.78 is 24.3. The molecule has 2 aromatic heterocycles. The van der Waals surface area contributed by atoms with Crippen molar-refractivity contribution < 1.29 is 23.7 Å². The van der Waals surface area contributed by atoms with Crippen LogP contribution < -0.4 is 14.8 Å². The molecular weight excluding hydrogens is 438 g/mol. The molecule has 5 rings (SSSR count). The number of carbonyl (C=O) groups is 1. The lowest BCUT2D eigenvalue weighted by molar-refractivity contribution is -0.138. The fourth-order valence-electron chi connectivity index (χ4n) is 4.51. The van der Waals surface area contributed by atoms with Crippen LogP contribution in [0.2, 0.25) is 0 Å². The van der Waals surface area contributed by atoms with E-state index in [1.807, 2.05) is 36.2 Å². The summed E-state index contributed by atoms with van der Waals surface area (Å²) in [4.78, 5) is 19.7. The van der Waals surface area contributed by atoms with Crippen molar-refractivity contribution in [2.45, 2.75) is 25.5 Å². The Morgan fingerprint density at radius 2 is 2.12 bits per heavy atom. The molecule has 0 radical (unpaired) electrons. The second-order valence-corrected chi connectivity index (χ2v) is 8.52. The molecule has 0 spiro atoms. The van der Waals surface area contributed by atoms with E-state index >= 15 is 0 Å². The molecule has 1 N–H and O–H groups in total. The van der Waals surface area contributed by atoms with Crippen molar-refractivity contribution in [1.82, 2.24) is 19.5 Å². The average Bonchev–Trinajstić information content (AvgIpc) is 3.37. The van der Waals surface area contributed by atoms with Gasteiger partial charge in [0.1, 0.15) is 18.5 Å². The van der Waals surface area contributed by atoms with Crippen LogP contribution in [0, 0.1) is 6.92 Å². The van der Waals surface area contributed by atoms with E-state index in [2.05, 4.69) is 10.4 Å². The fraction of sp³-hybridized carbons (Fsp3) is 0.458. The summed E-state index contributed by atoms with van der Waals surface area (Å²) in [6, 6.07) is 5.81. The molecule has 1 saturated heterocycles. The minimum absolute atomic E-state index is 0.0249. The number of aryl methyl sites for hydroxylation is 1. The number of fused-ring (bicyclic) bond motifs is 5. The molecule has 2 aliphatic rings. The maximum atomic E-state index is 13.1. The number of amides is 1. The van der Waals surface area contributed by atoms with Gasteiger partial charge in [0.05, 0.1) is 32.6 Å². The molecule has 2 atom stereocenters. The third-order valence-electron chi connectivity index (χ3n) is 6.27. The molecule has 10 nitrogen and oxygen atoms in total. The van der Waals surface area contributed by atoms with Crippen molar-refractivity contribution in [3.63, 3.8) is 0 Å². The highest BCUT2D eigenvalue weighted by molar-refractivity contribution is 5.84. The highest BCUT2D eigenvalue weighted by Crippen LogP contribution is 2.32. The molecule has 0 saturated carbocycles. The summed E-state index contributed by atoms with van der Waals surface area (Å²) in [5, 5.41) is 7.92. The number of nitrogens with zero attached hydrogens (tertiary/aromatic N) is 4. The second-order valence-electron chi connectivity index (χ2n) is 8.52. The van der Waals surface area contributed by atoms with Crippen LogP contribution in [0.3, 0.4) is 0 Å². The number of carbonyl (C=O) groups excluding carboxylic acids is 1. The molecular formula is C24H29N5O5. The molecule has 34 heavy (non-hydrogen) atoms. The predicted octanol–water partition coefficient (Wildman–Crippen LogP) is 2.15. The van der Waals surface area contributed by atoms with E-state index in [1.165, 1.54) is 0 Å². The number of hydrogen-bond acceptors (Lipinski definition) is 8. The third kappa shape index (κ3) is 4.26. The van der Waals surface area contributed by atoms with Crippen LogP contribution in [0.4, 0.5) is 5.69 Å². The van der Waals surface area contributed by atoms with Crippen LogP contribution in [0.1, 0.15) is 12.0 Å². The van der Waals surface area contributed by atoms with E-state index in [0.29, 0.717) is 50.9 Å². The first-order valence-electron chi connectivity index (χ1n) is 11.4. The van der Waals surface area contributed by atoms with Crippen molar-refractivity contribution >= 4 is 17.2 Å². The number of anilines is 1. The van der Waals surface area contributed by atoms with Gasteiger partial charge in [0.2, 0.25) is 5.88 Å². The maximum Gasteiger partial charge on any atom is 0.252 e. The molecule has 1 amide bonds. The number of hydrogen-bond donors (Lipinski definition) is 1. The van der Waals surface area contributed by atoms with Gasteiger partial charge in [-0.3, -0.25) is 4.79 Å². The molecule has 0 unspecified atom stereocenters. The molecule has 0 aliphatic carbocycles. The van der Waals surface area contributed by atoms with Crippen molar-refractivity contribution in [1.29, 1.82) is 0 Å². The molecule has 4 heterocycles. The average molecular weight is 468 g/mol. The summed E-state index contributed by atoms with van der Waals surface area (Å²) in [7, 11) is 3.26. The van der Waals surface area contributed by atoms with Gasteiger partial charge in [0.25, 0.3) is 5.91 Å². The predicted molar refractivity (Wildman–Crippen MR) is 125 cm³/mol. The van der Waals surface area contributed by atoms with Gasteiger partial charge in [-0.2, -0.15) is 10.1 Å². The number of benzene rings is 1. The highest BCUT2D eigenvalue weighted by Gasteiger charge is 2.40. The highest BCUT2D eigenvalue weighted by atomic mass is 16.5. The molecule has 10 heteroatoms. The molecule has 4 bridgehead atoms. The molecule has 2 aliphatic heterocycles. The van der Waals surface area contributed by atoms with Gasteiger partial charge in [-0.1, -0.05) is 0 Å². The first-order chi connectivity index (χ1) is 16.6. The third-order valence-corrected chi connectivity index (χ3v) is 6.27. The number of ether oxygens (including phenoxy) is 4. The van der Waals surface area contributed by atoms with Gasteiger partial charge in [0.15, 0.2) is 5.65 Å². The summed E-state index contributed by atoms with van der Waals surface area (Å²) in [6.45, 7) is 4.19. The number of rotatable bonds is 5. The second kappa shape index (κ2) is 9.47. The Labute approximate surface area is 197 Å². The van der Waals surface area contributed by atoms with Gasteiger partial charge in [-0.05, 0) is 24.6 Å². The largest absolute Gasteiger partial charge is 0.497 e.